The molecule has 3 aromatic rings. The monoisotopic (exact) mass is 212 g/mol. The first-order chi connectivity index (χ1) is 7.75. The zero-order valence-electron chi connectivity index (χ0n) is 8.32. The van der Waals surface area contributed by atoms with Crippen LogP contribution in [0, 0.1) is 0 Å². The summed E-state index contributed by atoms with van der Waals surface area (Å²) >= 11 is 0. The molecule has 0 spiro atoms. The maximum Gasteiger partial charge on any atom is 0.222 e. The minimum absolute atomic E-state index is 0.178. The number of phenolic OH excluding ortho intramolecular Hbond substituents is 1. The summed E-state index contributed by atoms with van der Waals surface area (Å²) in [6.45, 7) is 0.806. The van der Waals surface area contributed by atoms with Crippen molar-refractivity contribution in [2.75, 3.05) is 0 Å². The van der Waals surface area contributed by atoms with Gasteiger partial charge in [0.25, 0.3) is 0 Å². The Kier molecular flexibility index (Phi) is 1.14. The van der Waals surface area contributed by atoms with Gasteiger partial charge in [-0.15, -0.1) is 0 Å². The first-order valence-corrected chi connectivity index (χ1v) is 5.11. The fourth-order valence-electron chi connectivity index (χ4n) is 2.53. The SMILES string of the molecule is O=c1cc2c(cc1O)c1cc[nH]c3c1n2C3. The van der Waals surface area contributed by atoms with Gasteiger partial charge in [-0.2, -0.15) is 0 Å². The van der Waals surface area contributed by atoms with E-state index in [4.69, 9.17) is 0 Å². The Morgan fingerprint density at radius 2 is 2.19 bits per heavy atom. The van der Waals surface area contributed by atoms with Crippen molar-refractivity contribution in [1.82, 2.24) is 9.55 Å². The Bertz CT molecular complexity index is 811. The van der Waals surface area contributed by atoms with Crippen molar-refractivity contribution in [3.8, 4) is 5.75 Å². The van der Waals surface area contributed by atoms with E-state index in [1.54, 1.807) is 6.07 Å². The first kappa shape index (κ1) is 7.98. The van der Waals surface area contributed by atoms with Crippen LogP contribution in [0.5, 0.6) is 5.75 Å². The molecule has 0 fully saturated rings. The number of H-pyrrole nitrogens is 1. The van der Waals surface area contributed by atoms with E-state index in [1.165, 1.54) is 11.8 Å². The topological polar surface area (TPSA) is 58.0 Å². The summed E-state index contributed by atoms with van der Waals surface area (Å²) < 4.78 is 2.09. The van der Waals surface area contributed by atoms with Crippen molar-refractivity contribution in [2.45, 2.75) is 6.54 Å². The zero-order chi connectivity index (χ0) is 10.9. The number of benzene rings is 1. The third-order valence-corrected chi connectivity index (χ3v) is 3.29. The molecule has 16 heavy (non-hydrogen) atoms. The average Bonchev–Trinajstić information content (AvgIpc) is 2.50. The Morgan fingerprint density at radius 1 is 1.31 bits per heavy atom. The average molecular weight is 212 g/mol. The molecule has 0 saturated carbocycles. The number of aromatic nitrogens is 2. The first-order valence-electron chi connectivity index (χ1n) is 5.11. The fourth-order valence-corrected chi connectivity index (χ4v) is 2.53. The Labute approximate surface area is 89.7 Å². The quantitative estimate of drug-likeness (QED) is 0.464. The second-order valence-corrected chi connectivity index (χ2v) is 4.14. The van der Waals surface area contributed by atoms with E-state index in [-0.39, 0.29) is 11.2 Å². The number of hydrogen-bond acceptors (Lipinski definition) is 2. The molecule has 2 N–H and O–H groups in total. The van der Waals surface area contributed by atoms with Gasteiger partial charge in [-0.25, -0.2) is 0 Å². The van der Waals surface area contributed by atoms with E-state index in [1.807, 2.05) is 12.3 Å². The third-order valence-electron chi connectivity index (χ3n) is 3.29. The number of aromatic hydroxyl groups is 1. The molecule has 0 atom stereocenters. The van der Waals surface area contributed by atoms with Gasteiger partial charge in [0.15, 0.2) is 5.75 Å². The van der Waals surface area contributed by atoms with Crippen LogP contribution in [0.3, 0.4) is 0 Å². The molecule has 4 nitrogen and oxygen atoms in total. The number of nitrogens with zero attached hydrogens (tertiary/aromatic N) is 1. The number of rotatable bonds is 0. The number of hydrogen-bond donors (Lipinski definition) is 2. The van der Waals surface area contributed by atoms with Gasteiger partial charge in [0.05, 0.1) is 23.3 Å². The van der Waals surface area contributed by atoms with E-state index in [0.717, 1.165) is 28.4 Å². The molecule has 2 aromatic heterocycles. The highest BCUT2D eigenvalue weighted by molar-refractivity contribution is 6.10. The standard InChI is InChI=1S/C12H8N2O2/c15-10-3-7-6-1-2-13-8-5-14(12(6)8)9(7)4-11(10)16/h1-4,13,15H,5H2. The summed E-state index contributed by atoms with van der Waals surface area (Å²) in [7, 11) is 0. The van der Waals surface area contributed by atoms with E-state index in [0.29, 0.717) is 0 Å². The lowest BCUT2D eigenvalue weighted by Crippen LogP contribution is -2.13. The fraction of sp³-hybridized carbons (Fsp3) is 0.0833. The van der Waals surface area contributed by atoms with Gasteiger partial charge in [-0.05, 0) is 12.1 Å². The van der Waals surface area contributed by atoms with Crippen LogP contribution in [-0.4, -0.2) is 14.7 Å². The van der Waals surface area contributed by atoms with Crippen LogP contribution in [0.25, 0.3) is 21.8 Å². The van der Waals surface area contributed by atoms with Crippen LogP contribution in [0.1, 0.15) is 5.69 Å². The predicted molar refractivity (Wildman–Crippen MR) is 60.8 cm³/mol. The number of nitrogens with one attached hydrogen (secondary N) is 1. The van der Waals surface area contributed by atoms with Crippen molar-refractivity contribution in [3.63, 3.8) is 0 Å². The lowest BCUT2D eigenvalue weighted by atomic mass is 10.1. The minimum atomic E-state index is -0.316. The lowest BCUT2D eigenvalue weighted by Gasteiger charge is -2.18. The molecule has 78 valence electrons. The van der Waals surface area contributed by atoms with Crippen LogP contribution >= 0.6 is 0 Å². The summed E-state index contributed by atoms with van der Waals surface area (Å²) in [5.41, 5.74) is 2.91. The van der Waals surface area contributed by atoms with Crippen LogP contribution < -0.4 is 5.43 Å². The normalized spacial score (nSPS) is 13.2. The number of fused-ring (bicyclic) bond motifs is 3. The molecule has 3 heterocycles. The highest BCUT2D eigenvalue weighted by Crippen LogP contribution is 2.36. The van der Waals surface area contributed by atoms with Gasteiger partial charge in [0.2, 0.25) is 5.43 Å². The molecule has 1 aromatic carbocycles. The maximum absolute atomic E-state index is 11.4. The Hall–Kier alpha value is -2.23. The van der Waals surface area contributed by atoms with Crippen LogP contribution in [0.4, 0.5) is 0 Å². The summed E-state index contributed by atoms with van der Waals surface area (Å²) in [6.07, 6.45) is 1.89. The van der Waals surface area contributed by atoms with Gasteiger partial charge in [-0.3, -0.25) is 4.79 Å². The molecule has 4 rings (SSSR count). The van der Waals surface area contributed by atoms with E-state index in [2.05, 4.69) is 9.55 Å². The van der Waals surface area contributed by atoms with E-state index in [9.17, 15) is 9.90 Å². The number of aromatic amines is 1. The van der Waals surface area contributed by atoms with Crippen LogP contribution in [0.2, 0.25) is 0 Å². The predicted octanol–water partition coefficient (Wildman–Crippen LogP) is 1.55. The minimum Gasteiger partial charge on any atom is -0.504 e. The zero-order valence-corrected chi connectivity index (χ0v) is 8.32. The van der Waals surface area contributed by atoms with Gasteiger partial charge in [0, 0.05) is 23.0 Å². The lowest BCUT2D eigenvalue weighted by molar-refractivity contribution is 0.471. The third kappa shape index (κ3) is 0.713. The number of phenols is 1. The van der Waals surface area contributed by atoms with Crippen LogP contribution in [-0.2, 0) is 6.54 Å². The molecule has 0 bridgehead atoms. The number of pyridine rings is 1. The Balaban J connectivity index is 2.38. The molecular weight excluding hydrogens is 204 g/mol. The molecule has 1 aliphatic rings. The molecule has 4 heteroatoms. The van der Waals surface area contributed by atoms with Gasteiger partial charge in [0.1, 0.15) is 0 Å². The van der Waals surface area contributed by atoms with Crippen molar-refractivity contribution in [3.05, 3.63) is 40.3 Å². The van der Waals surface area contributed by atoms with Crippen molar-refractivity contribution in [2.24, 2.45) is 0 Å². The largest absolute Gasteiger partial charge is 0.504 e. The second-order valence-electron chi connectivity index (χ2n) is 4.14. The van der Waals surface area contributed by atoms with E-state index < -0.39 is 0 Å². The van der Waals surface area contributed by atoms with Gasteiger partial charge >= 0.3 is 0 Å². The van der Waals surface area contributed by atoms with E-state index >= 15 is 0 Å². The molecule has 1 aliphatic heterocycles. The maximum atomic E-state index is 11.4. The molecule has 0 unspecified atom stereocenters. The molecule has 0 amide bonds. The van der Waals surface area contributed by atoms with Crippen LogP contribution in [0.15, 0.2) is 29.2 Å². The highest BCUT2D eigenvalue weighted by Gasteiger charge is 2.22. The molecule has 0 radical (unpaired) electrons. The summed E-state index contributed by atoms with van der Waals surface area (Å²) in [4.78, 5) is 14.6. The summed E-state index contributed by atoms with van der Waals surface area (Å²) in [5, 5.41) is 11.5. The molecule has 0 aliphatic carbocycles. The smallest absolute Gasteiger partial charge is 0.222 e. The van der Waals surface area contributed by atoms with Crippen molar-refractivity contribution in [1.29, 1.82) is 0 Å². The van der Waals surface area contributed by atoms with Crippen molar-refractivity contribution < 1.29 is 5.11 Å². The van der Waals surface area contributed by atoms with Gasteiger partial charge < -0.3 is 14.7 Å². The molecular formula is C12H8N2O2. The highest BCUT2D eigenvalue weighted by atomic mass is 16.3. The van der Waals surface area contributed by atoms with Gasteiger partial charge in [-0.1, -0.05) is 0 Å². The summed E-state index contributed by atoms with van der Waals surface area (Å²) in [6, 6.07) is 5.04. The summed E-state index contributed by atoms with van der Waals surface area (Å²) in [5.74, 6) is -0.178. The second kappa shape index (κ2) is 2.29. The Morgan fingerprint density at radius 3 is 3.06 bits per heavy atom. The van der Waals surface area contributed by atoms with Crippen molar-refractivity contribution >= 4 is 21.8 Å². The molecule has 0 saturated heterocycles.